The molecule has 0 amide bonds. The van der Waals surface area contributed by atoms with Crippen molar-refractivity contribution in [2.45, 2.75) is 32.4 Å². The number of nitrogens with two attached hydrogens (primary N) is 1. The van der Waals surface area contributed by atoms with Crippen LogP contribution in [0.25, 0.3) is 0 Å². The number of hydrogen-bond donors (Lipinski definition) is 3. The zero-order valence-corrected chi connectivity index (χ0v) is 10.5. The van der Waals surface area contributed by atoms with E-state index in [0.717, 1.165) is 31.8 Å². The molecule has 98 valence electrons. The van der Waals surface area contributed by atoms with Gasteiger partial charge >= 0.3 is 0 Å². The molecule has 7 nitrogen and oxygen atoms in total. The van der Waals surface area contributed by atoms with E-state index >= 15 is 0 Å². The first-order valence-electron chi connectivity index (χ1n) is 6.11. The molecule has 0 saturated heterocycles. The number of nitrogens with one attached hydrogen (secondary N) is 2. The van der Waals surface area contributed by atoms with Crippen LogP contribution in [0.3, 0.4) is 0 Å². The number of nitrogens with zero attached hydrogens (tertiary/aromatic N) is 4. The lowest BCUT2D eigenvalue weighted by Crippen LogP contribution is -2.29. The first kappa shape index (κ1) is 12.6. The van der Waals surface area contributed by atoms with Crippen LogP contribution >= 0.6 is 0 Å². The minimum absolute atomic E-state index is 0.303. The molecule has 0 bridgehead atoms. The van der Waals surface area contributed by atoms with Crippen LogP contribution in [-0.2, 0) is 13.0 Å². The van der Waals surface area contributed by atoms with E-state index in [4.69, 9.17) is 5.73 Å². The smallest absolute Gasteiger partial charge is 0.239 e. The van der Waals surface area contributed by atoms with Crippen molar-refractivity contribution >= 4 is 5.95 Å². The SMILES string of the molecule is CC(CCn1cccn1)NCCc1nc(N)n[nH]1. The Balaban J connectivity index is 1.61. The van der Waals surface area contributed by atoms with E-state index in [1.807, 2.05) is 16.9 Å². The van der Waals surface area contributed by atoms with Crippen molar-refractivity contribution < 1.29 is 0 Å². The molecule has 0 fully saturated rings. The van der Waals surface area contributed by atoms with Crippen LogP contribution in [0.5, 0.6) is 0 Å². The summed E-state index contributed by atoms with van der Waals surface area (Å²) in [4.78, 5) is 4.05. The predicted octanol–water partition coefficient (Wildman–Crippen LogP) is 0.194. The van der Waals surface area contributed by atoms with Crippen molar-refractivity contribution in [2.24, 2.45) is 0 Å². The summed E-state index contributed by atoms with van der Waals surface area (Å²) in [6.07, 6.45) is 5.62. The van der Waals surface area contributed by atoms with Crippen molar-refractivity contribution in [1.82, 2.24) is 30.3 Å². The third kappa shape index (κ3) is 3.85. The highest BCUT2D eigenvalue weighted by molar-refractivity contribution is 5.12. The predicted molar refractivity (Wildman–Crippen MR) is 68.8 cm³/mol. The summed E-state index contributed by atoms with van der Waals surface area (Å²) in [5.41, 5.74) is 5.43. The number of nitrogen functional groups attached to an aromatic ring is 1. The summed E-state index contributed by atoms with van der Waals surface area (Å²) in [5, 5.41) is 14.2. The maximum Gasteiger partial charge on any atom is 0.239 e. The first-order valence-corrected chi connectivity index (χ1v) is 6.11. The molecule has 0 saturated carbocycles. The minimum Gasteiger partial charge on any atom is -0.367 e. The number of aromatic amines is 1. The van der Waals surface area contributed by atoms with Crippen LogP contribution in [0.1, 0.15) is 19.2 Å². The third-order valence-electron chi connectivity index (χ3n) is 2.75. The van der Waals surface area contributed by atoms with Gasteiger partial charge in [-0.3, -0.25) is 9.78 Å². The van der Waals surface area contributed by atoms with Crippen LogP contribution in [0.4, 0.5) is 5.95 Å². The van der Waals surface area contributed by atoms with Gasteiger partial charge in [0.2, 0.25) is 5.95 Å². The fraction of sp³-hybridized carbons (Fsp3) is 0.545. The molecule has 0 aliphatic heterocycles. The lowest BCUT2D eigenvalue weighted by molar-refractivity contribution is 0.459. The van der Waals surface area contributed by atoms with Gasteiger partial charge in [-0.15, -0.1) is 5.10 Å². The van der Waals surface area contributed by atoms with E-state index in [2.05, 4.69) is 32.5 Å². The number of hydrogen-bond acceptors (Lipinski definition) is 5. The van der Waals surface area contributed by atoms with Crippen molar-refractivity contribution in [1.29, 1.82) is 0 Å². The third-order valence-corrected chi connectivity index (χ3v) is 2.75. The molecule has 2 aromatic heterocycles. The average Bonchev–Trinajstić information content (AvgIpc) is 2.98. The lowest BCUT2D eigenvalue weighted by Gasteiger charge is -2.12. The Bertz CT molecular complexity index is 448. The summed E-state index contributed by atoms with van der Waals surface area (Å²) < 4.78 is 1.94. The number of anilines is 1. The summed E-state index contributed by atoms with van der Waals surface area (Å²) in [6.45, 7) is 3.95. The maximum atomic E-state index is 5.43. The van der Waals surface area contributed by atoms with Gasteiger partial charge in [0.1, 0.15) is 5.82 Å². The molecule has 18 heavy (non-hydrogen) atoms. The highest BCUT2D eigenvalue weighted by atomic mass is 15.3. The first-order chi connectivity index (χ1) is 8.74. The van der Waals surface area contributed by atoms with Gasteiger partial charge in [-0.1, -0.05) is 0 Å². The van der Waals surface area contributed by atoms with Crippen molar-refractivity contribution in [3.05, 3.63) is 24.3 Å². The number of aryl methyl sites for hydroxylation is 1. The lowest BCUT2D eigenvalue weighted by atomic mass is 10.2. The molecular formula is C11H19N7. The fourth-order valence-corrected chi connectivity index (χ4v) is 1.72. The van der Waals surface area contributed by atoms with Crippen molar-refractivity contribution in [2.75, 3.05) is 12.3 Å². The molecule has 2 aromatic rings. The molecule has 0 aliphatic carbocycles. The molecule has 1 atom stereocenters. The van der Waals surface area contributed by atoms with Crippen LogP contribution in [0, 0.1) is 0 Å². The Hall–Kier alpha value is -1.89. The van der Waals surface area contributed by atoms with E-state index in [1.54, 1.807) is 6.20 Å². The highest BCUT2D eigenvalue weighted by Crippen LogP contribution is 1.97. The monoisotopic (exact) mass is 249 g/mol. The summed E-state index contributed by atoms with van der Waals surface area (Å²) in [5.74, 6) is 1.12. The largest absolute Gasteiger partial charge is 0.367 e. The minimum atomic E-state index is 0.303. The molecule has 1 unspecified atom stereocenters. The Kier molecular flexibility index (Phi) is 4.30. The Morgan fingerprint density at radius 2 is 2.44 bits per heavy atom. The average molecular weight is 249 g/mol. The van der Waals surface area contributed by atoms with Gasteiger partial charge < -0.3 is 11.1 Å². The quantitative estimate of drug-likeness (QED) is 0.651. The molecule has 2 rings (SSSR count). The van der Waals surface area contributed by atoms with Gasteiger partial charge in [0.15, 0.2) is 0 Å². The molecule has 2 heterocycles. The van der Waals surface area contributed by atoms with Crippen LogP contribution < -0.4 is 11.1 Å². The zero-order chi connectivity index (χ0) is 12.8. The topological polar surface area (TPSA) is 97.4 Å². The van der Waals surface area contributed by atoms with Crippen molar-refractivity contribution in [3.63, 3.8) is 0 Å². The van der Waals surface area contributed by atoms with Crippen molar-refractivity contribution in [3.8, 4) is 0 Å². The zero-order valence-electron chi connectivity index (χ0n) is 10.5. The molecule has 0 aromatic carbocycles. The van der Waals surface area contributed by atoms with Crippen LogP contribution in [0.15, 0.2) is 18.5 Å². The number of aromatic nitrogens is 5. The second-order valence-corrected chi connectivity index (χ2v) is 4.30. The van der Waals surface area contributed by atoms with E-state index in [0.29, 0.717) is 12.0 Å². The van der Waals surface area contributed by atoms with Gasteiger partial charge in [-0.05, 0) is 19.4 Å². The van der Waals surface area contributed by atoms with Gasteiger partial charge in [-0.25, -0.2) is 0 Å². The Labute approximate surface area is 106 Å². The standard InChI is InChI=1S/C11H19N7/c1-9(4-8-18-7-2-5-14-18)13-6-3-10-15-11(12)17-16-10/h2,5,7,9,13H,3-4,6,8H2,1H3,(H3,12,15,16,17). The molecule has 4 N–H and O–H groups in total. The molecule has 0 aliphatic rings. The normalized spacial score (nSPS) is 12.7. The number of H-pyrrole nitrogens is 1. The van der Waals surface area contributed by atoms with E-state index in [-0.39, 0.29) is 0 Å². The van der Waals surface area contributed by atoms with E-state index in [9.17, 15) is 0 Å². The van der Waals surface area contributed by atoms with Gasteiger partial charge in [0.25, 0.3) is 0 Å². The Morgan fingerprint density at radius 1 is 1.56 bits per heavy atom. The van der Waals surface area contributed by atoms with Gasteiger partial charge in [0, 0.05) is 37.9 Å². The molecular weight excluding hydrogens is 230 g/mol. The van der Waals surface area contributed by atoms with Gasteiger partial charge in [0.05, 0.1) is 0 Å². The van der Waals surface area contributed by atoms with E-state index in [1.165, 1.54) is 0 Å². The second kappa shape index (κ2) is 6.15. The van der Waals surface area contributed by atoms with Crippen LogP contribution in [-0.4, -0.2) is 37.5 Å². The van der Waals surface area contributed by atoms with E-state index < -0.39 is 0 Å². The maximum absolute atomic E-state index is 5.43. The number of rotatable bonds is 7. The molecule has 0 radical (unpaired) electrons. The summed E-state index contributed by atoms with van der Waals surface area (Å²) >= 11 is 0. The van der Waals surface area contributed by atoms with Crippen LogP contribution in [0.2, 0.25) is 0 Å². The Morgan fingerprint density at radius 3 is 3.11 bits per heavy atom. The summed E-state index contributed by atoms with van der Waals surface area (Å²) in [7, 11) is 0. The highest BCUT2D eigenvalue weighted by Gasteiger charge is 2.03. The molecule has 7 heteroatoms. The van der Waals surface area contributed by atoms with Gasteiger partial charge in [-0.2, -0.15) is 10.1 Å². The molecule has 0 spiro atoms. The summed E-state index contributed by atoms with van der Waals surface area (Å²) in [6, 6.07) is 2.38. The fourth-order valence-electron chi connectivity index (χ4n) is 1.72. The second-order valence-electron chi connectivity index (χ2n) is 4.30.